The van der Waals surface area contributed by atoms with Crippen molar-refractivity contribution in [3.05, 3.63) is 71.5 Å². The lowest BCUT2D eigenvalue weighted by Crippen LogP contribution is -2.36. The summed E-state index contributed by atoms with van der Waals surface area (Å²) in [6.45, 7) is 0. The van der Waals surface area contributed by atoms with Crippen LogP contribution in [0.3, 0.4) is 0 Å². The van der Waals surface area contributed by atoms with Gasteiger partial charge >= 0.3 is 0 Å². The smallest absolute Gasteiger partial charge is 0.264 e. The Kier molecular flexibility index (Phi) is 3.76. The Morgan fingerprint density at radius 3 is 2.79 bits per heavy atom. The Bertz CT molecular complexity index is 791. The average molecular weight is 324 g/mol. The molecule has 1 aliphatic heterocycles. The lowest BCUT2D eigenvalue weighted by molar-refractivity contribution is -0.131. The van der Waals surface area contributed by atoms with Gasteiger partial charge < -0.3 is 10.2 Å². The summed E-state index contributed by atoms with van der Waals surface area (Å²) in [6.07, 6.45) is 0.665. The van der Waals surface area contributed by atoms with E-state index in [1.54, 1.807) is 12.1 Å². The van der Waals surface area contributed by atoms with Gasteiger partial charge in [-0.25, -0.2) is 4.39 Å². The number of hydrogen-bond donors (Lipinski definition) is 1. The van der Waals surface area contributed by atoms with E-state index in [1.807, 2.05) is 18.2 Å². The minimum Gasteiger partial charge on any atom is -0.382 e. The van der Waals surface area contributed by atoms with Crippen LogP contribution in [0.4, 0.5) is 4.39 Å². The molecule has 0 aromatic heterocycles. The quantitative estimate of drug-likeness (QED) is 0.940. The number of oxime groups is 1. The van der Waals surface area contributed by atoms with Crippen LogP contribution < -0.4 is 5.32 Å². The first-order chi connectivity index (χ1) is 11.7. The summed E-state index contributed by atoms with van der Waals surface area (Å²) in [5.41, 5.74) is 2.50. The van der Waals surface area contributed by atoms with E-state index in [2.05, 4.69) is 22.6 Å². The highest BCUT2D eigenvalue weighted by Crippen LogP contribution is 2.40. The van der Waals surface area contributed by atoms with Gasteiger partial charge in [0.15, 0.2) is 0 Å². The van der Waals surface area contributed by atoms with Crippen LogP contribution in [0.5, 0.6) is 0 Å². The van der Waals surface area contributed by atoms with Gasteiger partial charge in [-0.2, -0.15) is 0 Å². The molecule has 122 valence electrons. The number of rotatable bonds is 4. The van der Waals surface area contributed by atoms with Crippen LogP contribution in [0.2, 0.25) is 0 Å². The minimum atomic E-state index is -0.639. The van der Waals surface area contributed by atoms with Gasteiger partial charge in [0.1, 0.15) is 5.82 Å². The van der Waals surface area contributed by atoms with Gasteiger partial charge in [-0.1, -0.05) is 47.6 Å². The molecule has 3 atom stereocenters. The number of nitrogens with one attached hydrogen (secondary N) is 1. The second-order valence-corrected chi connectivity index (χ2v) is 6.21. The van der Waals surface area contributed by atoms with E-state index in [0.717, 1.165) is 6.42 Å². The maximum absolute atomic E-state index is 13.3. The van der Waals surface area contributed by atoms with Crippen LogP contribution in [0.25, 0.3) is 0 Å². The van der Waals surface area contributed by atoms with Gasteiger partial charge in [-0.3, -0.25) is 4.79 Å². The third kappa shape index (κ3) is 3.02. The highest BCUT2D eigenvalue weighted by molar-refractivity contribution is 6.04. The molecule has 2 aromatic carbocycles. The topological polar surface area (TPSA) is 50.7 Å². The fourth-order valence-electron chi connectivity index (χ4n) is 3.06. The molecule has 0 bridgehead atoms. The summed E-state index contributed by atoms with van der Waals surface area (Å²) in [6, 6.07) is 16.5. The summed E-state index contributed by atoms with van der Waals surface area (Å²) in [4.78, 5) is 17.6. The normalized spacial score (nSPS) is 24.9. The lowest BCUT2D eigenvalue weighted by Gasteiger charge is -2.09. The first kappa shape index (κ1) is 14.9. The lowest BCUT2D eigenvalue weighted by atomic mass is 10.0. The molecule has 1 amide bonds. The number of carbonyl (C=O) groups excluding carboxylic acids is 1. The predicted octanol–water partition coefficient (Wildman–Crippen LogP) is 2.99. The van der Waals surface area contributed by atoms with Crippen LogP contribution in [0, 0.1) is 5.82 Å². The number of halogens is 1. The summed E-state index contributed by atoms with van der Waals surface area (Å²) < 4.78 is 13.3. The molecule has 0 spiro atoms. The molecule has 1 fully saturated rings. The molecule has 24 heavy (non-hydrogen) atoms. The summed E-state index contributed by atoms with van der Waals surface area (Å²) in [7, 11) is 0. The number of amides is 1. The number of nitrogens with zero attached hydrogens (tertiary/aromatic N) is 1. The number of hydrogen-bond acceptors (Lipinski definition) is 3. The number of carbonyl (C=O) groups is 1. The first-order valence-electron chi connectivity index (χ1n) is 8.04. The molecule has 1 heterocycles. The molecule has 0 unspecified atom stereocenters. The van der Waals surface area contributed by atoms with Gasteiger partial charge in [-0.15, -0.1) is 0 Å². The Hall–Kier alpha value is -2.69. The zero-order chi connectivity index (χ0) is 16.5. The molecule has 2 aliphatic rings. The van der Waals surface area contributed by atoms with Crippen molar-refractivity contribution in [1.29, 1.82) is 0 Å². The van der Waals surface area contributed by atoms with Crippen LogP contribution in [0.15, 0.2) is 59.8 Å². The molecule has 5 heteroatoms. The highest BCUT2D eigenvalue weighted by Gasteiger charge is 2.41. The second-order valence-electron chi connectivity index (χ2n) is 6.21. The minimum absolute atomic E-state index is 0.154. The molecule has 4 rings (SSSR count). The molecule has 4 nitrogen and oxygen atoms in total. The highest BCUT2D eigenvalue weighted by atomic mass is 19.1. The van der Waals surface area contributed by atoms with Gasteiger partial charge in [0.05, 0.1) is 5.71 Å². The van der Waals surface area contributed by atoms with Gasteiger partial charge in [0.25, 0.3) is 5.91 Å². The van der Waals surface area contributed by atoms with Gasteiger partial charge in [0.2, 0.25) is 6.10 Å². The standard InChI is InChI=1S/C19H17FN2O2/c20-14-8-4-7-13(9-14)16-11-18(24-22-16)19(23)21-17-10-15(17)12-5-2-1-3-6-12/h1-9,15,17-18H,10-11H2,(H,21,23)/t15-,17+,18-/m0/s1. The summed E-state index contributed by atoms with van der Waals surface area (Å²) in [5.74, 6) is -0.111. The van der Waals surface area contributed by atoms with E-state index < -0.39 is 6.10 Å². The molecule has 1 N–H and O–H groups in total. The third-order valence-electron chi connectivity index (χ3n) is 4.46. The first-order valence-corrected chi connectivity index (χ1v) is 8.04. The van der Waals surface area contributed by atoms with Crippen molar-refractivity contribution in [3.8, 4) is 0 Å². The van der Waals surface area contributed by atoms with Crippen molar-refractivity contribution in [1.82, 2.24) is 5.32 Å². The third-order valence-corrected chi connectivity index (χ3v) is 4.46. The van der Waals surface area contributed by atoms with Crippen molar-refractivity contribution in [3.63, 3.8) is 0 Å². The Balaban J connectivity index is 1.33. The van der Waals surface area contributed by atoms with E-state index in [0.29, 0.717) is 23.6 Å². The van der Waals surface area contributed by atoms with Crippen molar-refractivity contribution < 1.29 is 14.0 Å². The molecule has 2 aromatic rings. The predicted molar refractivity (Wildman–Crippen MR) is 88.2 cm³/mol. The summed E-state index contributed by atoms with van der Waals surface area (Å²) in [5, 5.41) is 6.96. The zero-order valence-corrected chi connectivity index (χ0v) is 13.0. The van der Waals surface area contributed by atoms with Crippen molar-refractivity contribution >= 4 is 11.6 Å². The molecule has 0 saturated heterocycles. The Labute approximate surface area is 139 Å². The van der Waals surface area contributed by atoms with Crippen molar-refractivity contribution in [2.75, 3.05) is 0 Å². The van der Waals surface area contributed by atoms with Crippen LogP contribution in [-0.4, -0.2) is 23.8 Å². The molecule has 1 aliphatic carbocycles. The summed E-state index contributed by atoms with van der Waals surface area (Å²) >= 11 is 0. The Morgan fingerprint density at radius 1 is 1.17 bits per heavy atom. The fraction of sp³-hybridized carbons (Fsp3) is 0.263. The zero-order valence-electron chi connectivity index (χ0n) is 13.0. The average Bonchev–Trinajstić information content (AvgIpc) is 3.18. The van der Waals surface area contributed by atoms with E-state index >= 15 is 0 Å². The molecule has 0 radical (unpaired) electrons. The van der Waals surface area contributed by atoms with Crippen LogP contribution in [0.1, 0.15) is 29.9 Å². The molecular formula is C19H17FN2O2. The second kappa shape index (κ2) is 6.07. The largest absolute Gasteiger partial charge is 0.382 e. The molecular weight excluding hydrogens is 307 g/mol. The van der Waals surface area contributed by atoms with Crippen molar-refractivity contribution in [2.45, 2.75) is 30.9 Å². The van der Waals surface area contributed by atoms with Gasteiger partial charge in [0, 0.05) is 23.9 Å². The maximum atomic E-state index is 13.3. The van der Waals surface area contributed by atoms with Crippen LogP contribution >= 0.6 is 0 Å². The maximum Gasteiger partial charge on any atom is 0.264 e. The SMILES string of the molecule is O=C(N[C@@H]1C[C@H]1c1ccccc1)[C@@H]1CC(c2cccc(F)c2)=NO1. The van der Waals surface area contributed by atoms with Crippen molar-refractivity contribution in [2.24, 2.45) is 5.16 Å². The monoisotopic (exact) mass is 324 g/mol. The molecule has 1 saturated carbocycles. The Morgan fingerprint density at radius 2 is 2.00 bits per heavy atom. The van der Waals surface area contributed by atoms with Crippen LogP contribution in [-0.2, 0) is 9.63 Å². The van der Waals surface area contributed by atoms with E-state index in [9.17, 15) is 9.18 Å². The van der Waals surface area contributed by atoms with E-state index in [-0.39, 0.29) is 17.8 Å². The van der Waals surface area contributed by atoms with E-state index in [4.69, 9.17) is 4.84 Å². The fourth-order valence-corrected chi connectivity index (χ4v) is 3.06. The van der Waals surface area contributed by atoms with Gasteiger partial charge in [-0.05, 0) is 24.1 Å². The number of benzene rings is 2. The van der Waals surface area contributed by atoms with E-state index in [1.165, 1.54) is 17.7 Å².